The summed E-state index contributed by atoms with van der Waals surface area (Å²) < 4.78 is 0. The molecule has 0 unspecified atom stereocenters. The van der Waals surface area contributed by atoms with Crippen LogP contribution < -0.4 is 11.3 Å². The minimum Gasteiger partial charge on any atom is -0.323 e. The van der Waals surface area contributed by atoms with Crippen molar-refractivity contribution in [3.63, 3.8) is 0 Å². The van der Waals surface area contributed by atoms with Gasteiger partial charge in [0.25, 0.3) is 0 Å². The molecule has 1 aromatic heterocycles. The maximum atomic E-state index is 6.08. The number of nitrogen functional groups attached to an aromatic ring is 1. The Morgan fingerprint density at radius 2 is 2.14 bits per heavy atom. The van der Waals surface area contributed by atoms with Gasteiger partial charge in [0.1, 0.15) is 0 Å². The number of halogens is 1. The average Bonchev–Trinajstić information content (AvgIpc) is 2.23. The van der Waals surface area contributed by atoms with Crippen molar-refractivity contribution in [2.24, 2.45) is 5.84 Å². The number of hydrazine groups is 1. The van der Waals surface area contributed by atoms with Crippen LogP contribution in [0.4, 0.5) is 5.69 Å². The second-order valence-corrected chi connectivity index (χ2v) is 3.50. The van der Waals surface area contributed by atoms with Gasteiger partial charge in [-0.2, -0.15) is 0 Å². The summed E-state index contributed by atoms with van der Waals surface area (Å²) in [6.45, 7) is 1.99. The molecule has 0 aliphatic rings. The fourth-order valence-corrected chi connectivity index (χ4v) is 1.74. The molecule has 3 N–H and O–H groups in total. The number of nitrogens with two attached hydrogens (primary N) is 1. The Hall–Kier alpha value is -1.32. The molecule has 1 heterocycles. The van der Waals surface area contributed by atoms with E-state index < -0.39 is 0 Å². The molecule has 0 saturated carbocycles. The molecule has 0 spiro atoms. The minimum absolute atomic E-state index is 0.659. The normalized spacial score (nSPS) is 10.5. The van der Waals surface area contributed by atoms with E-state index in [1.807, 2.05) is 19.1 Å². The van der Waals surface area contributed by atoms with Crippen LogP contribution >= 0.6 is 11.6 Å². The Bertz CT molecular complexity index is 482. The number of fused-ring (bicyclic) bond motifs is 1. The van der Waals surface area contributed by atoms with E-state index in [2.05, 4.69) is 10.4 Å². The fraction of sp³-hybridized carbons (Fsp3) is 0.100. The van der Waals surface area contributed by atoms with Crippen molar-refractivity contribution in [3.8, 4) is 0 Å². The topological polar surface area (TPSA) is 50.9 Å². The standard InChI is InChI=1S/C10H10ClN3/c1-6-2-3-7(11)9-8(14-12)4-5-13-10(6)9/h2-5H,12H2,1H3,(H,13,14). The first kappa shape index (κ1) is 9.24. The zero-order chi connectivity index (χ0) is 10.1. The van der Waals surface area contributed by atoms with Gasteiger partial charge in [-0.15, -0.1) is 0 Å². The van der Waals surface area contributed by atoms with Gasteiger partial charge in [0.15, 0.2) is 0 Å². The smallest absolute Gasteiger partial charge is 0.0767 e. The first-order valence-corrected chi connectivity index (χ1v) is 4.62. The van der Waals surface area contributed by atoms with Crippen LogP contribution in [0.15, 0.2) is 24.4 Å². The van der Waals surface area contributed by atoms with Crippen LogP contribution in [0.1, 0.15) is 5.56 Å². The second kappa shape index (κ2) is 3.44. The summed E-state index contributed by atoms with van der Waals surface area (Å²) in [5.41, 5.74) is 5.38. The van der Waals surface area contributed by atoms with Crippen LogP contribution in [0, 0.1) is 6.92 Å². The van der Waals surface area contributed by atoms with E-state index in [0.29, 0.717) is 5.02 Å². The van der Waals surface area contributed by atoms with Crippen LogP contribution in [0.2, 0.25) is 5.02 Å². The molecule has 14 heavy (non-hydrogen) atoms. The van der Waals surface area contributed by atoms with Gasteiger partial charge in [-0.3, -0.25) is 10.8 Å². The lowest BCUT2D eigenvalue weighted by Crippen LogP contribution is -2.07. The number of rotatable bonds is 1. The molecule has 0 atom stereocenters. The summed E-state index contributed by atoms with van der Waals surface area (Å²) in [4.78, 5) is 4.27. The number of aromatic nitrogens is 1. The van der Waals surface area contributed by atoms with Gasteiger partial charge in [-0.1, -0.05) is 17.7 Å². The van der Waals surface area contributed by atoms with Gasteiger partial charge < -0.3 is 5.43 Å². The van der Waals surface area contributed by atoms with Crippen molar-refractivity contribution in [2.45, 2.75) is 6.92 Å². The molecular formula is C10H10ClN3. The Morgan fingerprint density at radius 1 is 1.36 bits per heavy atom. The van der Waals surface area contributed by atoms with Gasteiger partial charge in [0.05, 0.1) is 16.2 Å². The number of nitrogens with one attached hydrogen (secondary N) is 1. The van der Waals surface area contributed by atoms with E-state index in [4.69, 9.17) is 17.4 Å². The highest BCUT2D eigenvalue weighted by atomic mass is 35.5. The maximum absolute atomic E-state index is 6.08. The predicted octanol–water partition coefficient (Wildman–Crippen LogP) is 2.48. The third-order valence-electron chi connectivity index (χ3n) is 2.20. The number of hydrogen-bond donors (Lipinski definition) is 2. The summed E-state index contributed by atoms with van der Waals surface area (Å²) in [6.07, 6.45) is 1.71. The van der Waals surface area contributed by atoms with E-state index in [-0.39, 0.29) is 0 Å². The van der Waals surface area contributed by atoms with Crippen LogP contribution in [0.3, 0.4) is 0 Å². The molecule has 3 nitrogen and oxygen atoms in total. The molecule has 1 aromatic carbocycles. The minimum atomic E-state index is 0.659. The molecule has 0 fully saturated rings. The lowest BCUT2D eigenvalue weighted by Gasteiger charge is -2.08. The van der Waals surface area contributed by atoms with Crippen molar-refractivity contribution in [1.29, 1.82) is 0 Å². The molecule has 0 bridgehead atoms. The van der Waals surface area contributed by atoms with Gasteiger partial charge in [-0.05, 0) is 24.6 Å². The van der Waals surface area contributed by atoms with Crippen molar-refractivity contribution < 1.29 is 0 Å². The highest BCUT2D eigenvalue weighted by Gasteiger charge is 2.06. The van der Waals surface area contributed by atoms with Crippen LogP contribution in [-0.2, 0) is 0 Å². The van der Waals surface area contributed by atoms with Crippen molar-refractivity contribution >= 4 is 28.2 Å². The Labute approximate surface area is 86.9 Å². The van der Waals surface area contributed by atoms with Gasteiger partial charge >= 0.3 is 0 Å². The van der Waals surface area contributed by atoms with Gasteiger partial charge in [0.2, 0.25) is 0 Å². The van der Waals surface area contributed by atoms with Gasteiger partial charge in [0, 0.05) is 11.6 Å². The SMILES string of the molecule is Cc1ccc(Cl)c2c(NN)ccnc12. The molecule has 0 aliphatic heterocycles. The van der Waals surface area contributed by atoms with Crippen LogP contribution in [0.25, 0.3) is 10.9 Å². The first-order chi connectivity index (χ1) is 6.74. The van der Waals surface area contributed by atoms with Crippen molar-refractivity contribution in [2.75, 3.05) is 5.43 Å². The van der Waals surface area contributed by atoms with Gasteiger partial charge in [-0.25, -0.2) is 0 Å². The molecular weight excluding hydrogens is 198 g/mol. The Balaban J connectivity index is 2.92. The van der Waals surface area contributed by atoms with Crippen LogP contribution in [-0.4, -0.2) is 4.98 Å². The summed E-state index contributed by atoms with van der Waals surface area (Å²) in [5.74, 6) is 5.40. The third kappa shape index (κ3) is 1.31. The van der Waals surface area contributed by atoms with E-state index in [0.717, 1.165) is 22.2 Å². The Kier molecular flexibility index (Phi) is 2.27. The number of anilines is 1. The number of nitrogens with zero attached hydrogens (tertiary/aromatic N) is 1. The number of benzene rings is 1. The van der Waals surface area contributed by atoms with Crippen molar-refractivity contribution in [1.82, 2.24) is 4.98 Å². The Morgan fingerprint density at radius 3 is 2.86 bits per heavy atom. The molecule has 0 aliphatic carbocycles. The highest BCUT2D eigenvalue weighted by molar-refractivity contribution is 6.36. The molecule has 2 aromatic rings. The van der Waals surface area contributed by atoms with E-state index in [9.17, 15) is 0 Å². The van der Waals surface area contributed by atoms with Crippen LogP contribution in [0.5, 0.6) is 0 Å². The van der Waals surface area contributed by atoms with E-state index in [1.54, 1.807) is 12.3 Å². The highest BCUT2D eigenvalue weighted by Crippen LogP contribution is 2.30. The van der Waals surface area contributed by atoms with Crippen molar-refractivity contribution in [3.05, 3.63) is 35.0 Å². The first-order valence-electron chi connectivity index (χ1n) is 4.24. The zero-order valence-corrected chi connectivity index (χ0v) is 8.47. The van der Waals surface area contributed by atoms with E-state index in [1.165, 1.54) is 0 Å². The lowest BCUT2D eigenvalue weighted by molar-refractivity contribution is 1.32. The second-order valence-electron chi connectivity index (χ2n) is 3.09. The fourth-order valence-electron chi connectivity index (χ4n) is 1.48. The third-order valence-corrected chi connectivity index (χ3v) is 2.51. The van der Waals surface area contributed by atoms with E-state index >= 15 is 0 Å². The largest absolute Gasteiger partial charge is 0.323 e. The molecule has 0 saturated heterocycles. The molecule has 0 amide bonds. The quantitative estimate of drug-likeness (QED) is 0.558. The number of hydrogen-bond acceptors (Lipinski definition) is 3. The number of pyridine rings is 1. The molecule has 72 valence electrons. The maximum Gasteiger partial charge on any atom is 0.0767 e. The summed E-state index contributed by atoms with van der Waals surface area (Å²) in [6, 6.07) is 5.59. The summed E-state index contributed by atoms with van der Waals surface area (Å²) in [7, 11) is 0. The summed E-state index contributed by atoms with van der Waals surface area (Å²) >= 11 is 6.08. The summed E-state index contributed by atoms with van der Waals surface area (Å²) in [5, 5.41) is 1.53. The molecule has 0 radical (unpaired) electrons. The lowest BCUT2D eigenvalue weighted by atomic mass is 10.1. The number of aryl methyl sites for hydroxylation is 1. The monoisotopic (exact) mass is 207 g/mol. The predicted molar refractivity (Wildman–Crippen MR) is 59.3 cm³/mol. The molecule has 2 rings (SSSR count). The molecule has 4 heteroatoms. The zero-order valence-electron chi connectivity index (χ0n) is 7.71. The average molecular weight is 208 g/mol.